The molecule has 156 valence electrons. The monoisotopic (exact) mass is 446 g/mol. The fraction of sp³-hybridized carbons (Fsp3) is 0.211. The van der Waals surface area contributed by atoms with Gasteiger partial charge in [-0.05, 0) is 25.1 Å². The Hall–Kier alpha value is -3.18. The molecule has 0 aliphatic rings. The largest absolute Gasteiger partial charge is 0.490 e. The molecule has 3 aromatic rings. The van der Waals surface area contributed by atoms with Crippen molar-refractivity contribution in [3.05, 3.63) is 52.1 Å². The number of amides is 1. The Kier molecular flexibility index (Phi) is 7.20. The normalized spacial score (nSPS) is 11.0. The second-order valence-electron chi connectivity index (χ2n) is 5.79. The Morgan fingerprint density at radius 1 is 1.40 bits per heavy atom. The van der Waals surface area contributed by atoms with E-state index in [-0.39, 0.29) is 28.8 Å². The molecule has 0 unspecified atom stereocenters. The molecule has 0 aliphatic carbocycles. The predicted octanol–water partition coefficient (Wildman–Crippen LogP) is 3.85. The lowest BCUT2D eigenvalue weighted by molar-refractivity contribution is -0.385. The van der Waals surface area contributed by atoms with E-state index in [4.69, 9.17) is 9.47 Å². The average molecular weight is 447 g/mol. The summed E-state index contributed by atoms with van der Waals surface area (Å²) < 4.78 is 12.4. The van der Waals surface area contributed by atoms with Crippen molar-refractivity contribution in [1.82, 2.24) is 10.4 Å². The highest BCUT2D eigenvalue weighted by atomic mass is 32.2. The van der Waals surface area contributed by atoms with Gasteiger partial charge in [0.2, 0.25) is 5.75 Å². The van der Waals surface area contributed by atoms with Crippen molar-refractivity contribution in [2.75, 3.05) is 19.5 Å². The lowest BCUT2D eigenvalue weighted by atomic mass is 10.2. The molecule has 3 rings (SSSR count). The van der Waals surface area contributed by atoms with Crippen LogP contribution in [-0.2, 0) is 4.79 Å². The van der Waals surface area contributed by atoms with Gasteiger partial charge >= 0.3 is 5.69 Å². The summed E-state index contributed by atoms with van der Waals surface area (Å²) in [5, 5.41) is 15.2. The number of fused-ring (bicyclic) bond motifs is 1. The summed E-state index contributed by atoms with van der Waals surface area (Å²) in [6, 6.07) is 10.6. The molecule has 0 saturated heterocycles. The van der Waals surface area contributed by atoms with Gasteiger partial charge in [-0.15, -0.1) is 11.3 Å². The second kappa shape index (κ2) is 10.0. The topological polar surface area (TPSA) is 116 Å². The first kappa shape index (κ1) is 21.5. The highest BCUT2D eigenvalue weighted by Gasteiger charge is 2.21. The lowest BCUT2D eigenvalue weighted by Gasteiger charge is -2.10. The molecule has 0 spiro atoms. The Morgan fingerprint density at radius 2 is 2.20 bits per heavy atom. The zero-order valence-electron chi connectivity index (χ0n) is 16.2. The van der Waals surface area contributed by atoms with Gasteiger partial charge in [0.1, 0.15) is 0 Å². The fourth-order valence-corrected chi connectivity index (χ4v) is 4.40. The predicted molar refractivity (Wildman–Crippen MR) is 117 cm³/mol. The number of carbonyl (C=O) groups excluding carboxylic acids is 1. The van der Waals surface area contributed by atoms with E-state index in [1.165, 1.54) is 42.5 Å². The van der Waals surface area contributed by atoms with Gasteiger partial charge in [0.25, 0.3) is 5.91 Å². The second-order valence-corrected chi connectivity index (χ2v) is 8.04. The number of nitro benzene ring substituents is 1. The van der Waals surface area contributed by atoms with Gasteiger partial charge in [-0.25, -0.2) is 10.4 Å². The maximum absolute atomic E-state index is 12.0. The maximum Gasteiger partial charge on any atom is 0.315 e. The number of rotatable bonds is 9. The van der Waals surface area contributed by atoms with Crippen molar-refractivity contribution in [3.63, 3.8) is 0 Å². The number of carbonyl (C=O) groups is 1. The zero-order chi connectivity index (χ0) is 21.5. The first-order valence-electron chi connectivity index (χ1n) is 8.81. The van der Waals surface area contributed by atoms with E-state index in [1.807, 2.05) is 24.3 Å². The number of hydrogen-bond donors (Lipinski definition) is 1. The number of nitrogens with zero attached hydrogens (tertiary/aromatic N) is 3. The first-order chi connectivity index (χ1) is 14.5. The van der Waals surface area contributed by atoms with Crippen molar-refractivity contribution < 1.29 is 19.2 Å². The third kappa shape index (κ3) is 5.24. The molecular weight excluding hydrogens is 428 g/mol. The van der Waals surface area contributed by atoms with Crippen LogP contribution in [0.2, 0.25) is 0 Å². The molecule has 0 radical (unpaired) electrons. The van der Waals surface area contributed by atoms with E-state index in [0.717, 1.165) is 14.6 Å². The highest BCUT2D eigenvalue weighted by Crippen LogP contribution is 2.37. The molecule has 0 aliphatic heterocycles. The maximum atomic E-state index is 12.0. The van der Waals surface area contributed by atoms with E-state index in [1.54, 1.807) is 13.0 Å². The van der Waals surface area contributed by atoms with Crippen LogP contribution in [0.5, 0.6) is 11.5 Å². The number of thioether (sulfide) groups is 1. The van der Waals surface area contributed by atoms with Crippen molar-refractivity contribution in [3.8, 4) is 11.5 Å². The van der Waals surface area contributed by atoms with E-state index in [2.05, 4.69) is 15.5 Å². The molecule has 30 heavy (non-hydrogen) atoms. The van der Waals surface area contributed by atoms with Crippen molar-refractivity contribution in [2.45, 2.75) is 11.3 Å². The van der Waals surface area contributed by atoms with Crippen LogP contribution in [0.25, 0.3) is 10.2 Å². The third-order valence-corrected chi connectivity index (χ3v) is 5.94. The minimum absolute atomic E-state index is 0.0373. The van der Waals surface area contributed by atoms with Crippen molar-refractivity contribution in [1.29, 1.82) is 0 Å². The number of aromatic nitrogens is 1. The zero-order valence-corrected chi connectivity index (χ0v) is 17.8. The minimum Gasteiger partial charge on any atom is -0.490 e. The smallest absolute Gasteiger partial charge is 0.315 e. The van der Waals surface area contributed by atoms with Gasteiger partial charge in [0.05, 0.1) is 40.8 Å². The number of thiazole rings is 1. The number of methoxy groups -OCH3 is 1. The fourth-order valence-electron chi connectivity index (χ4n) is 2.54. The summed E-state index contributed by atoms with van der Waals surface area (Å²) in [6.07, 6.45) is 1.31. The average Bonchev–Trinajstić information content (AvgIpc) is 3.15. The molecule has 9 nitrogen and oxygen atoms in total. The SMILES string of the molecule is CCOc1cc(/C=N\NC(=O)CSc2nc3ccccc3s2)cc([N+](=O)[O-])c1OC. The minimum atomic E-state index is -0.564. The lowest BCUT2D eigenvalue weighted by Crippen LogP contribution is -2.19. The van der Waals surface area contributed by atoms with E-state index in [0.29, 0.717) is 12.2 Å². The number of nitrogens with one attached hydrogen (secondary N) is 1. The van der Waals surface area contributed by atoms with E-state index in [9.17, 15) is 14.9 Å². The van der Waals surface area contributed by atoms with Gasteiger partial charge in [-0.2, -0.15) is 5.10 Å². The Bertz CT molecular complexity index is 1070. The molecule has 0 saturated carbocycles. The van der Waals surface area contributed by atoms with Gasteiger partial charge in [0.15, 0.2) is 10.1 Å². The van der Waals surface area contributed by atoms with E-state index < -0.39 is 4.92 Å². The van der Waals surface area contributed by atoms with Crippen LogP contribution in [0.1, 0.15) is 12.5 Å². The number of nitro groups is 1. The summed E-state index contributed by atoms with van der Waals surface area (Å²) in [5.74, 6) is 0.0941. The van der Waals surface area contributed by atoms with Crippen LogP contribution in [0.15, 0.2) is 45.8 Å². The number of hydrogen-bond acceptors (Lipinski definition) is 9. The molecule has 11 heteroatoms. The van der Waals surface area contributed by atoms with Gasteiger partial charge in [-0.1, -0.05) is 23.9 Å². The molecule has 1 aromatic heterocycles. The summed E-state index contributed by atoms with van der Waals surface area (Å²) in [6.45, 7) is 2.07. The first-order valence-corrected chi connectivity index (χ1v) is 10.6. The van der Waals surface area contributed by atoms with Crippen LogP contribution in [0.3, 0.4) is 0 Å². The van der Waals surface area contributed by atoms with Crippen LogP contribution in [0.4, 0.5) is 5.69 Å². The van der Waals surface area contributed by atoms with Gasteiger partial charge in [0, 0.05) is 11.6 Å². The van der Waals surface area contributed by atoms with Crippen LogP contribution >= 0.6 is 23.1 Å². The van der Waals surface area contributed by atoms with Crippen molar-refractivity contribution >= 4 is 51.1 Å². The molecule has 1 heterocycles. The number of benzene rings is 2. The molecule has 1 amide bonds. The summed E-state index contributed by atoms with van der Waals surface area (Å²) in [7, 11) is 1.34. The van der Waals surface area contributed by atoms with E-state index >= 15 is 0 Å². The summed E-state index contributed by atoms with van der Waals surface area (Å²) in [4.78, 5) is 27.2. The molecular formula is C19H18N4O5S2. The number of ether oxygens (including phenoxy) is 2. The van der Waals surface area contributed by atoms with Crippen LogP contribution in [-0.4, -0.2) is 41.5 Å². The highest BCUT2D eigenvalue weighted by molar-refractivity contribution is 8.01. The standard InChI is InChI=1S/C19H18N4O5S2/c1-3-28-15-9-12(8-14(23(25)26)18(15)27-2)10-20-22-17(24)11-29-19-21-13-6-4-5-7-16(13)30-19/h4-10H,3,11H2,1-2H3,(H,22,24)/b20-10-. The number of para-hydroxylation sites is 1. The molecule has 1 N–H and O–H groups in total. The molecule has 2 aromatic carbocycles. The van der Waals surface area contributed by atoms with Gasteiger partial charge < -0.3 is 9.47 Å². The van der Waals surface area contributed by atoms with Crippen LogP contribution < -0.4 is 14.9 Å². The molecule has 0 fully saturated rings. The van der Waals surface area contributed by atoms with Gasteiger partial charge in [-0.3, -0.25) is 14.9 Å². The van der Waals surface area contributed by atoms with Crippen molar-refractivity contribution in [2.24, 2.45) is 5.10 Å². The Balaban J connectivity index is 1.63. The quantitative estimate of drug-likeness (QED) is 0.230. The number of hydrazone groups is 1. The summed E-state index contributed by atoms with van der Waals surface area (Å²) >= 11 is 2.83. The summed E-state index contributed by atoms with van der Waals surface area (Å²) in [5.41, 5.74) is 3.45. The van der Waals surface area contributed by atoms with Crippen LogP contribution in [0, 0.1) is 10.1 Å². The Morgan fingerprint density at radius 3 is 2.90 bits per heavy atom. The third-order valence-electron chi connectivity index (χ3n) is 3.76. The Labute approximate surface area is 180 Å². The molecule has 0 bridgehead atoms. The molecule has 0 atom stereocenters.